The van der Waals surface area contributed by atoms with Crippen molar-refractivity contribution in [2.45, 2.75) is 24.3 Å². The molecule has 0 spiro atoms. The molecule has 0 N–H and O–H groups in total. The van der Waals surface area contributed by atoms with E-state index >= 15 is 0 Å². The lowest BCUT2D eigenvalue weighted by Gasteiger charge is -2.25. The number of aryl methyl sites for hydroxylation is 1. The van der Waals surface area contributed by atoms with Crippen molar-refractivity contribution in [2.24, 2.45) is 0 Å². The molecule has 0 radical (unpaired) electrons. The number of amides is 1. The van der Waals surface area contributed by atoms with E-state index in [1.165, 1.54) is 0 Å². The van der Waals surface area contributed by atoms with E-state index in [1.807, 2.05) is 61.7 Å². The summed E-state index contributed by atoms with van der Waals surface area (Å²) in [6.45, 7) is 2.27. The highest BCUT2D eigenvalue weighted by molar-refractivity contribution is 7.98. The fraction of sp³-hybridized carbons (Fsp3) is 0.214. The van der Waals surface area contributed by atoms with Crippen LogP contribution in [-0.4, -0.2) is 30.7 Å². The smallest absolute Gasteiger partial charge is 0.290 e. The fourth-order valence-corrected chi connectivity index (χ4v) is 5.12. The maximum absolute atomic E-state index is 13.7. The molecule has 0 fully saturated rings. The third-order valence-electron chi connectivity index (χ3n) is 6.48. The van der Waals surface area contributed by atoms with Crippen molar-refractivity contribution in [1.29, 1.82) is 0 Å². The van der Waals surface area contributed by atoms with E-state index < -0.39 is 6.04 Å². The summed E-state index contributed by atoms with van der Waals surface area (Å²) in [6, 6.07) is 18.6. The Hall–Kier alpha value is -3.22. The van der Waals surface area contributed by atoms with Crippen molar-refractivity contribution in [3.63, 3.8) is 0 Å². The van der Waals surface area contributed by atoms with Gasteiger partial charge < -0.3 is 14.1 Å². The second-order valence-corrected chi connectivity index (χ2v) is 9.83. The zero-order valence-corrected chi connectivity index (χ0v) is 21.2. The molecule has 35 heavy (non-hydrogen) atoms. The van der Waals surface area contributed by atoms with Gasteiger partial charge >= 0.3 is 0 Å². The van der Waals surface area contributed by atoms with Crippen LogP contribution in [0.25, 0.3) is 11.0 Å². The number of halogens is 1. The summed E-state index contributed by atoms with van der Waals surface area (Å²) < 4.78 is 11.3. The molecule has 1 aromatic heterocycles. The number of benzene rings is 3. The Labute approximate surface area is 212 Å². The molecule has 2 heterocycles. The zero-order chi connectivity index (χ0) is 24.7. The molecule has 5 rings (SSSR count). The van der Waals surface area contributed by atoms with Crippen molar-refractivity contribution in [2.75, 3.05) is 19.9 Å². The van der Waals surface area contributed by atoms with Gasteiger partial charge in [0, 0.05) is 16.5 Å². The number of hydrogen-bond acceptors (Lipinski definition) is 5. The van der Waals surface area contributed by atoms with Crippen LogP contribution in [0.15, 0.2) is 74.8 Å². The van der Waals surface area contributed by atoms with Crippen LogP contribution in [0.1, 0.15) is 38.9 Å². The first-order chi connectivity index (χ1) is 16.9. The molecule has 5 nitrogen and oxygen atoms in total. The average molecular weight is 506 g/mol. The van der Waals surface area contributed by atoms with E-state index in [2.05, 4.69) is 0 Å². The normalized spacial score (nSPS) is 15.0. The molecule has 3 aromatic carbocycles. The largest absolute Gasteiger partial charge is 0.497 e. The van der Waals surface area contributed by atoms with E-state index in [1.54, 1.807) is 35.9 Å². The molecule has 0 aliphatic carbocycles. The molecule has 0 saturated heterocycles. The highest BCUT2D eigenvalue weighted by atomic mass is 35.5. The van der Waals surface area contributed by atoms with Gasteiger partial charge in [-0.3, -0.25) is 9.59 Å². The molecule has 1 aliphatic rings. The van der Waals surface area contributed by atoms with Crippen LogP contribution >= 0.6 is 23.4 Å². The highest BCUT2D eigenvalue weighted by Crippen LogP contribution is 2.39. The van der Waals surface area contributed by atoms with Gasteiger partial charge in [0.1, 0.15) is 11.3 Å². The summed E-state index contributed by atoms with van der Waals surface area (Å²) in [4.78, 5) is 30.2. The number of rotatable bonds is 6. The first kappa shape index (κ1) is 23.5. The molecule has 0 saturated carbocycles. The van der Waals surface area contributed by atoms with Crippen LogP contribution in [0.5, 0.6) is 5.75 Å². The van der Waals surface area contributed by atoms with Gasteiger partial charge in [-0.05, 0) is 72.7 Å². The van der Waals surface area contributed by atoms with Crippen molar-refractivity contribution in [1.82, 2.24) is 4.90 Å². The van der Waals surface area contributed by atoms with Gasteiger partial charge in [-0.2, -0.15) is 0 Å². The minimum Gasteiger partial charge on any atom is -0.497 e. The minimum absolute atomic E-state index is 0.109. The molecule has 4 aromatic rings. The van der Waals surface area contributed by atoms with Gasteiger partial charge in [-0.1, -0.05) is 35.9 Å². The van der Waals surface area contributed by atoms with Crippen LogP contribution in [0.2, 0.25) is 5.02 Å². The number of carbonyl (C=O) groups excluding carboxylic acids is 1. The molecule has 0 unspecified atom stereocenters. The van der Waals surface area contributed by atoms with E-state index in [-0.39, 0.29) is 17.1 Å². The first-order valence-electron chi connectivity index (χ1n) is 11.3. The lowest BCUT2D eigenvalue weighted by atomic mass is 9.98. The molecular weight excluding hydrogens is 482 g/mol. The van der Waals surface area contributed by atoms with Gasteiger partial charge in [-0.25, -0.2) is 0 Å². The van der Waals surface area contributed by atoms with Crippen molar-refractivity contribution < 1.29 is 13.9 Å². The maximum Gasteiger partial charge on any atom is 0.290 e. The Morgan fingerprint density at radius 1 is 1.06 bits per heavy atom. The third kappa shape index (κ3) is 4.21. The number of nitrogens with zero attached hydrogens (tertiary/aromatic N) is 1. The first-order valence-corrected chi connectivity index (χ1v) is 12.9. The summed E-state index contributed by atoms with van der Waals surface area (Å²) in [5.74, 6) is 0.609. The predicted octanol–water partition coefficient (Wildman–Crippen LogP) is 6.27. The van der Waals surface area contributed by atoms with Crippen LogP contribution < -0.4 is 10.2 Å². The molecule has 178 valence electrons. The second-order valence-electron chi connectivity index (χ2n) is 8.54. The Morgan fingerprint density at radius 3 is 2.43 bits per heavy atom. The fourth-order valence-electron chi connectivity index (χ4n) is 4.55. The van der Waals surface area contributed by atoms with Gasteiger partial charge in [0.05, 0.1) is 24.1 Å². The number of hydrogen-bond donors (Lipinski definition) is 0. The van der Waals surface area contributed by atoms with E-state index in [4.69, 9.17) is 20.8 Å². The average Bonchev–Trinajstić information content (AvgIpc) is 3.16. The van der Waals surface area contributed by atoms with E-state index in [0.29, 0.717) is 34.5 Å². The van der Waals surface area contributed by atoms with Gasteiger partial charge in [0.2, 0.25) is 5.76 Å². The lowest BCUT2D eigenvalue weighted by Crippen LogP contribution is -2.31. The molecule has 0 bridgehead atoms. The Kier molecular flexibility index (Phi) is 6.34. The SMILES string of the molecule is COc1ccc(CCN2C(=O)c3oc4cc(C)c(Cl)cc4c(=O)c3[C@@H]2c2ccc(SC)cc2)cc1. The van der Waals surface area contributed by atoms with E-state index in [9.17, 15) is 9.59 Å². The summed E-state index contributed by atoms with van der Waals surface area (Å²) >= 11 is 7.96. The Morgan fingerprint density at radius 2 is 1.77 bits per heavy atom. The summed E-state index contributed by atoms with van der Waals surface area (Å²) in [5.41, 5.74) is 3.24. The standard InChI is InChI=1S/C28H24ClNO4S/c1-16-14-23-21(15-22(16)29)26(31)24-25(18-6-10-20(35-3)11-7-18)30(28(32)27(24)34-23)13-12-17-4-8-19(33-2)9-5-17/h4-11,14-15,25H,12-13H2,1-3H3/t25-/m0/s1. The van der Waals surface area contributed by atoms with E-state index in [0.717, 1.165) is 27.3 Å². The zero-order valence-electron chi connectivity index (χ0n) is 19.6. The topological polar surface area (TPSA) is 59.8 Å². The Balaban J connectivity index is 1.61. The number of carbonyl (C=O) groups is 1. The van der Waals surface area contributed by atoms with Gasteiger partial charge in [-0.15, -0.1) is 11.8 Å². The number of ether oxygens (including phenoxy) is 1. The lowest BCUT2D eigenvalue weighted by molar-refractivity contribution is 0.0730. The number of thioether (sulfide) groups is 1. The van der Waals surface area contributed by atoms with Crippen LogP contribution in [-0.2, 0) is 6.42 Å². The Bertz CT molecular complexity index is 1480. The molecule has 1 amide bonds. The van der Waals surface area contributed by atoms with Crippen LogP contribution in [0, 0.1) is 6.92 Å². The summed E-state index contributed by atoms with van der Waals surface area (Å²) in [5, 5.41) is 0.876. The minimum atomic E-state index is -0.535. The second kappa shape index (κ2) is 9.44. The van der Waals surface area contributed by atoms with Crippen LogP contribution in [0.3, 0.4) is 0 Å². The van der Waals surface area contributed by atoms with Gasteiger partial charge in [0.25, 0.3) is 5.91 Å². The third-order valence-corrected chi connectivity index (χ3v) is 7.63. The van der Waals surface area contributed by atoms with Crippen molar-refractivity contribution >= 4 is 40.2 Å². The molecule has 1 aliphatic heterocycles. The number of fused-ring (bicyclic) bond motifs is 2. The van der Waals surface area contributed by atoms with Crippen molar-refractivity contribution in [3.8, 4) is 5.75 Å². The molecule has 7 heteroatoms. The van der Waals surface area contributed by atoms with Crippen molar-refractivity contribution in [3.05, 3.63) is 104 Å². The quantitative estimate of drug-likeness (QED) is 0.289. The molecule has 1 atom stereocenters. The summed E-state index contributed by atoms with van der Waals surface area (Å²) in [7, 11) is 1.63. The van der Waals surface area contributed by atoms with Gasteiger partial charge in [0.15, 0.2) is 5.43 Å². The summed E-state index contributed by atoms with van der Waals surface area (Å²) in [6.07, 6.45) is 2.64. The maximum atomic E-state index is 13.7. The number of methoxy groups -OCH3 is 1. The molecular formula is C28H24ClNO4S. The van der Waals surface area contributed by atoms with Crippen LogP contribution in [0.4, 0.5) is 0 Å². The predicted molar refractivity (Wildman–Crippen MR) is 140 cm³/mol. The monoisotopic (exact) mass is 505 g/mol. The highest BCUT2D eigenvalue weighted by Gasteiger charge is 2.42.